The first kappa shape index (κ1) is 10.4. The lowest BCUT2D eigenvalue weighted by Crippen LogP contribution is -2.28. The fourth-order valence-electron chi connectivity index (χ4n) is 1.75. The van der Waals surface area contributed by atoms with Crippen LogP contribution in [0.5, 0.6) is 0 Å². The number of hydrogen-bond acceptors (Lipinski definition) is 4. The molecule has 0 unspecified atom stereocenters. The van der Waals surface area contributed by atoms with Crippen LogP contribution in [0.15, 0.2) is 12.3 Å². The number of nitrogens with zero attached hydrogens (tertiary/aromatic N) is 3. The van der Waals surface area contributed by atoms with E-state index in [0.29, 0.717) is 6.54 Å². The summed E-state index contributed by atoms with van der Waals surface area (Å²) in [4.78, 5) is 2.28. The summed E-state index contributed by atoms with van der Waals surface area (Å²) >= 11 is 0. The van der Waals surface area contributed by atoms with E-state index in [-0.39, 0.29) is 0 Å². The molecule has 0 atom stereocenters. The summed E-state index contributed by atoms with van der Waals surface area (Å²) < 4.78 is 0. The maximum absolute atomic E-state index is 5.70. The van der Waals surface area contributed by atoms with Gasteiger partial charge in [-0.3, -0.25) is 0 Å². The van der Waals surface area contributed by atoms with Crippen molar-refractivity contribution in [1.82, 2.24) is 10.2 Å². The molecule has 4 heteroatoms. The molecule has 1 aromatic heterocycles. The van der Waals surface area contributed by atoms with E-state index < -0.39 is 0 Å². The molecular weight excluding hydrogens is 188 g/mol. The molecule has 1 fully saturated rings. The maximum Gasteiger partial charge on any atom is 0.155 e. The van der Waals surface area contributed by atoms with Crippen molar-refractivity contribution in [1.29, 1.82) is 0 Å². The molecule has 0 amide bonds. The molecule has 0 bridgehead atoms. The van der Waals surface area contributed by atoms with E-state index in [2.05, 4.69) is 22.0 Å². The first-order valence-corrected chi connectivity index (χ1v) is 5.60. The third kappa shape index (κ3) is 2.45. The lowest BCUT2D eigenvalue weighted by atomic mass is 10.2. The Morgan fingerprint density at radius 1 is 1.53 bits per heavy atom. The second-order valence-corrected chi connectivity index (χ2v) is 4.07. The van der Waals surface area contributed by atoms with E-state index in [1.165, 1.54) is 12.8 Å². The fraction of sp³-hybridized carbons (Fsp3) is 0.636. The van der Waals surface area contributed by atoms with Gasteiger partial charge in [-0.25, -0.2) is 0 Å². The first-order valence-electron chi connectivity index (χ1n) is 5.60. The Kier molecular flexibility index (Phi) is 3.16. The molecule has 82 valence electrons. The van der Waals surface area contributed by atoms with Crippen molar-refractivity contribution < 1.29 is 0 Å². The van der Waals surface area contributed by atoms with Crippen LogP contribution in [0.1, 0.15) is 25.3 Å². The van der Waals surface area contributed by atoms with E-state index in [4.69, 9.17) is 5.73 Å². The van der Waals surface area contributed by atoms with Crippen molar-refractivity contribution in [2.24, 2.45) is 11.7 Å². The summed E-state index contributed by atoms with van der Waals surface area (Å²) in [7, 11) is 0. The standard InChI is InChI=1S/C11H18N4/c1-2-15(8-9-3-4-9)11-10(7-12)5-6-13-14-11/h5-6,9H,2-4,7-8,12H2,1H3. The average Bonchev–Trinajstić information content (AvgIpc) is 3.10. The van der Waals surface area contributed by atoms with E-state index in [1.54, 1.807) is 6.20 Å². The van der Waals surface area contributed by atoms with E-state index in [1.807, 2.05) is 6.07 Å². The number of nitrogens with two attached hydrogens (primary N) is 1. The molecule has 1 aromatic rings. The molecule has 0 aliphatic heterocycles. The van der Waals surface area contributed by atoms with Crippen molar-refractivity contribution in [3.05, 3.63) is 17.8 Å². The van der Waals surface area contributed by atoms with E-state index in [0.717, 1.165) is 30.4 Å². The van der Waals surface area contributed by atoms with Gasteiger partial charge in [0.2, 0.25) is 0 Å². The molecule has 4 nitrogen and oxygen atoms in total. The fourth-order valence-corrected chi connectivity index (χ4v) is 1.75. The molecule has 1 saturated carbocycles. The zero-order valence-corrected chi connectivity index (χ0v) is 9.19. The quantitative estimate of drug-likeness (QED) is 0.785. The highest BCUT2D eigenvalue weighted by Crippen LogP contribution is 2.31. The van der Waals surface area contributed by atoms with Crippen molar-refractivity contribution in [2.75, 3.05) is 18.0 Å². The minimum absolute atomic E-state index is 0.534. The second-order valence-electron chi connectivity index (χ2n) is 4.07. The minimum Gasteiger partial charge on any atom is -0.355 e. The molecular formula is C11H18N4. The van der Waals surface area contributed by atoms with Gasteiger partial charge in [0.25, 0.3) is 0 Å². The summed E-state index contributed by atoms with van der Waals surface area (Å²) in [5.74, 6) is 1.83. The van der Waals surface area contributed by atoms with Crippen molar-refractivity contribution in [3.63, 3.8) is 0 Å². The third-order valence-corrected chi connectivity index (χ3v) is 2.86. The number of rotatable bonds is 5. The summed E-state index contributed by atoms with van der Waals surface area (Å²) in [6.07, 6.45) is 4.42. The smallest absolute Gasteiger partial charge is 0.155 e. The van der Waals surface area contributed by atoms with Crippen LogP contribution in [0, 0.1) is 5.92 Å². The SMILES string of the molecule is CCN(CC1CC1)c1nnccc1CN. The highest BCUT2D eigenvalue weighted by atomic mass is 15.3. The Bertz CT molecular complexity index is 322. The first-order chi connectivity index (χ1) is 7.35. The Morgan fingerprint density at radius 3 is 2.93 bits per heavy atom. The van der Waals surface area contributed by atoms with Crippen LogP contribution in [0.3, 0.4) is 0 Å². The van der Waals surface area contributed by atoms with Crippen LogP contribution in [0.25, 0.3) is 0 Å². The van der Waals surface area contributed by atoms with Gasteiger partial charge >= 0.3 is 0 Å². The predicted octanol–water partition coefficient (Wildman–Crippen LogP) is 1.17. The van der Waals surface area contributed by atoms with Crippen LogP contribution in [-0.2, 0) is 6.54 Å². The largest absolute Gasteiger partial charge is 0.355 e. The van der Waals surface area contributed by atoms with Crippen LogP contribution in [-0.4, -0.2) is 23.3 Å². The van der Waals surface area contributed by atoms with E-state index in [9.17, 15) is 0 Å². The van der Waals surface area contributed by atoms with Gasteiger partial charge in [0, 0.05) is 25.2 Å². The van der Waals surface area contributed by atoms with Gasteiger partial charge in [0.05, 0.1) is 6.20 Å². The topological polar surface area (TPSA) is 55.0 Å². The van der Waals surface area contributed by atoms with Crippen LogP contribution < -0.4 is 10.6 Å². The Hall–Kier alpha value is -1.16. The van der Waals surface area contributed by atoms with E-state index >= 15 is 0 Å². The van der Waals surface area contributed by atoms with Gasteiger partial charge in [-0.05, 0) is 31.7 Å². The monoisotopic (exact) mass is 206 g/mol. The average molecular weight is 206 g/mol. The lowest BCUT2D eigenvalue weighted by molar-refractivity contribution is 0.717. The third-order valence-electron chi connectivity index (χ3n) is 2.86. The van der Waals surface area contributed by atoms with Crippen molar-refractivity contribution >= 4 is 5.82 Å². The summed E-state index contributed by atoms with van der Waals surface area (Å²) in [5.41, 5.74) is 6.79. The number of hydrogen-bond donors (Lipinski definition) is 1. The van der Waals surface area contributed by atoms with Gasteiger partial charge in [-0.15, -0.1) is 5.10 Å². The van der Waals surface area contributed by atoms with Crippen LogP contribution >= 0.6 is 0 Å². The molecule has 0 saturated heterocycles. The molecule has 0 spiro atoms. The molecule has 1 heterocycles. The van der Waals surface area contributed by atoms with Crippen molar-refractivity contribution in [3.8, 4) is 0 Å². The Balaban J connectivity index is 2.15. The number of anilines is 1. The molecule has 1 aliphatic carbocycles. The summed E-state index contributed by atoms with van der Waals surface area (Å²) in [6, 6.07) is 1.96. The second kappa shape index (κ2) is 4.57. The van der Waals surface area contributed by atoms with Gasteiger partial charge in [0.15, 0.2) is 5.82 Å². The van der Waals surface area contributed by atoms with Crippen molar-refractivity contribution in [2.45, 2.75) is 26.3 Å². The lowest BCUT2D eigenvalue weighted by Gasteiger charge is -2.23. The van der Waals surface area contributed by atoms with Crippen LogP contribution in [0.2, 0.25) is 0 Å². The minimum atomic E-state index is 0.534. The zero-order chi connectivity index (χ0) is 10.7. The van der Waals surface area contributed by atoms with Gasteiger partial charge in [0.1, 0.15) is 0 Å². The normalized spacial score (nSPS) is 15.3. The molecule has 2 N–H and O–H groups in total. The molecule has 15 heavy (non-hydrogen) atoms. The molecule has 0 aromatic carbocycles. The molecule has 1 aliphatic rings. The highest BCUT2D eigenvalue weighted by Gasteiger charge is 2.25. The summed E-state index contributed by atoms with van der Waals surface area (Å²) in [6.45, 7) is 4.76. The van der Waals surface area contributed by atoms with Gasteiger partial charge in [-0.1, -0.05) is 0 Å². The van der Waals surface area contributed by atoms with Gasteiger partial charge in [-0.2, -0.15) is 5.10 Å². The highest BCUT2D eigenvalue weighted by molar-refractivity contribution is 5.45. The Labute approximate surface area is 90.5 Å². The predicted molar refractivity (Wildman–Crippen MR) is 60.5 cm³/mol. The number of aromatic nitrogens is 2. The molecule has 2 rings (SSSR count). The van der Waals surface area contributed by atoms with Gasteiger partial charge < -0.3 is 10.6 Å². The summed E-state index contributed by atoms with van der Waals surface area (Å²) in [5, 5.41) is 8.14. The maximum atomic E-state index is 5.70. The Morgan fingerprint density at radius 2 is 2.33 bits per heavy atom. The zero-order valence-electron chi connectivity index (χ0n) is 9.19. The molecule has 0 radical (unpaired) electrons. The van der Waals surface area contributed by atoms with Crippen LogP contribution in [0.4, 0.5) is 5.82 Å².